The monoisotopic (exact) mass is 389 g/mol. The maximum absolute atomic E-state index is 12.3. The minimum atomic E-state index is -0.634. The molecule has 2 rings (SSSR count). The van der Waals surface area contributed by atoms with Crippen LogP contribution >= 0.6 is 11.3 Å². The fraction of sp³-hybridized carbons (Fsp3) is 0.545. The van der Waals surface area contributed by atoms with Gasteiger partial charge in [0.05, 0.1) is 7.11 Å². The molecule has 1 N–H and O–H groups in total. The molecule has 0 saturated carbocycles. The van der Waals surface area contributed by atoms with Crippen molar-refractivity contribution in [2.45, 2.75) is 70.8 Å². The highest BCUT2D eigenvalue weighted by Crippen LogP contribution is 2.26. The molecule has 0 aliphatic rings. The maximum atomic E-state index is 12.3. The number of rotatable bonds is 12. The number of thiophene rings is 1. The number of hydrogen-bond acceptors (Lipinski definition) is 4. The number of nitrogens with one attached hydrogen (secondary N) is 1. The zero-order chi connectivity index (χ0) is 19.5. The van der Waals surface area contributed by atoms with E-state index < -0.39 is 12.0 Å². The van der Waals surface area contributed by atoms with Gasteiger partial charge in [0, 0.05) is 17.5 Å². The summed E-state index contributed by atoms with van der Waals surface area (Å²) in [6, 6.07) is 7.48. The third-order valence-electron chi connectivity index (χ3n) is 4.81. The van der Waals surface area contributed by atoms with Gasteiger partial charge in [0.15, 0.2) is 0 Å². The number of fused-ring (bicyclic) bond motifs is 1. The third kappa shape index (κ3) is 6.98. The van der Waals surface area contributed by atoms with Crippen molar-refractivity contribution in [3.05, 3.63) is 35.2 Å². The molecule has 27 heavy (non-hydrogen) atoms. The molecule has 1 aromatic heterocycles. The molecular weight excluding hydrogens is 358 g/mol. The summed E-state index contributed by atoms with van der Waals surface area (Å²) in [6.07, 6.45) is 9.09. The number of benzene rings is 1. The second kappa shape index (κ2) is 11.8. The van der Waals surface area contributed by atoms with Gasteiger partial charge in [-0.2, -0.15) is 0 Å². The molecule has 0 fully saturated rings. The van der Waals surface area contributed by atoms with E-state index in [1.54, 1.807) is 11.3 Å². The molecule has 1 aromatic carbocycles. The van der Waals surface area contributed by atoms with Crippen molar-refractivity contribution < 1.29 is 14.3 Å². The predicted octanol–water partition coefficient (Wildman–Crippen LogP) is 5.24. The Bertz CT molecular complexity index is 725. The van der Waals surface area contributed by atoms with E-state index in [1.807, 2.05) is 12.1 Å². The molecule has 1 atom stereocenters. The van der Waals surface area contributed by atoms with Gasteiger partial charge in [-0.15, -0.1) is 11.3 Å². The van der Waals surface area contributed by atoms with E-state index in [9.17, 15) is 9.59 Å². The van der Waals surface area contributed by atoms with Crippen LogP contribution in [0.25, 0.3) is 10.1 Å². The first-order chi connectivity index (χ1) is 13.2. The highest BCUT2D eigenvalue weighted by atomic mass is 32.1. The zero-order valence-corrected chi connectivity index (χ0v) is 17.3. The summed E-state index contributed by atoms with van der Waals surface area (Å²) < 4.78 is 6.09. The summed E-state index contributed by atoms with van der Waals surface area (Å²) in [7, 11) is 1.36. The fourth-order valence-electron chi connectivity index (χ4n) is 3.26. The first kappa shape index (κ1) is 21.4. The Hall–Kier alpha value is -1.88. The average Bonchev–Trinajstić information content (AvgIpc) is 3.09. The fourth-order valence-corrected chi connectivity index (χ4v) is 4.23. The molecular formula is C22H31NO3S. The number of carbonyl (C=O) groups is 2. The van der Waals surface area contributed by atoms with Crippen LogP contribution in [-0.2, 0) is 20.7 Å². The molecule has 0 saturated heterocycles. The summed E-state index contributed by atoms with van der Waals surface area (Å²) in [5.41, 5.74) is 1.07. The summed E-state index contributed by atoms with van der Waals surface area (Å²) in [4.78, 5) is 24.4. The van der Waals surface area contributed by atoms with Gasteiger partial charge in [-0.1, -0.05) is 63.6 Å². The van der Waals surface area contributed by atoms with Gasteiger partial charge < -0.3 is 10.1 Å². The van der Waals surface area contributed by atoms with E-state index in [4.69, 9.17) is 4.74 Å². The van der Waals surface area contributed by atoms with Crippen LogP contribution in [0.15, 0.2) is 29.6 Å². The van der Waals surface area contributed by atoms with Crippen molar-refractivity contribution >= 4 is 33.3 Å². The van der Waals surface area contributed by atoms with Crippen LogP contribution in [0.2, 0.25) is 0 Å². The van der Waals surface area contributed by atoms with Crippen LogP contribution in [0.3, 0.4) is 0 Å². The van der Waals surface area contributed by atoms with Crippen molar-refractivity contribution in [3.63, 3.8) is 0 Å². The normalized spacial score (nSPS) is 12.1. The van der Waals surface area contributed by atoms with Gasteiger partial charge in [-0.25, -0.2) is 4.79 Å². The Morgan fingerprint density at radius 2 is 1.78 bits per heavy atom. The Balaban J connectivity index is 1.83. The summed E-state index contributed by atoms with van der Waals surface area (Å²) in [5, 5.41) is 6.07. The largest absolute Gasteiger partial charge is 0.467 e. The molecule has 148 valence electrons. The van der Waals surface area contributed by atoms with E-state index in [2.05, 4.69) is 29.8 Å². The lowest BCUT2D eigenvalue weighted by Crippen LogP contribution is -2.42. The standard InChI is InChI=1S/C22H31NO3S/c1-3-4-5-6-7-8-9-14-21(24)23-19(22(25)26-2)15-17-16-27-20-13-11-10-12-18(17)20/h10-13,16,19H,3-9,14-15H2,1-2H3,(H,23,24). The Morgan fingerprint density at radius 3 is 2.52 bits per heavy atom. The van der Waals surface area contributed by atoms with Crippen LogP contribution in [0, 0.1) is 0 Å². The lowest BCUT2D eigenvalue weighted by Gasteiger charge is -2.16. The molecule has 5 heteroatoms. The average molecular weight is 390 g/mol. The second-order valence-corrected chi connectivity index (χ2v) is 7.89. The predicted molar refractivity (Wildman–Crippen MR) is 112 cm³/mol. The Labute approximate surface area is 166 Å². The molecule has 1 heterocycles. The number of ether oxygens (including phenoxy) is 1. The van der Waals surface area contributed by atoms with Crippen molar-refractivity contribution in [1.29, 1.82) is 0 Å². The van der Waals surface area contributed by atoms with Gasteiger partial charge in [-0.3, -0.25) is 4.79 Å². The minimum absolute atomic E-state index is 0.0708. The smallest absolute Gasteiger partial charge is 0.328 e. The molecule has 0 bridgehead atoms. The lowest BCUT2D eigenvalue weighted by molar-refractivity contribution is -0.145. The van der Waals surface area contributed by atoms with Gasteiger partial charge in [-0.05, 0) is 28.8 Å². The van der Waals surface area contributed by atoms with Gasteiger partial charge in [0.2, 0.25) is 5.91 Å². The molecule has 0 aliphatic carbocycles. The third-order valence-corrected chi connectivity index (χ3v) is 5.83. The van der Waals surface area contributed by atoms with Crippen molar-refractivity contribution in [3.8, 4) is 0 Å². The SMILES string of the molecule is CCCCCCCCCC(=O)NC(Cc1csc2ccccc12)C(=O)OC. The maximum Gasteiger partial charge on any atom is 0.328 e. The van der Waals surface area contributed by atoms with Crippen molar-refractivity contribution in [2.75, 3.05) is 7.11 Å². The molecule has 0 radical (unpaired) electrons. The van der Waals surface area contributed by atoms with E-state index in [1.165, 1.54) is 43.9 Å². The van der Waals surface area contributed by atoms with E-state index in [-0.39, 0.29) is 5.91 Å². The van der Waals surface area contributed by atoms with Crippen LogP contribution < -0.4 is 5.32 Å². The van der Waals surface area contributed by atoms with Crippen LogP contribution in [0.4, 0.5) is 0 Å². The molecule has 0 spiro atoms. The molecule has 1 unspecified atom stereocenters. The van der Waals surface area contributed by atoms with Gasteiger partial charge in [0.25, 0.3) is 0 Å². The summed E-state index contributed by atoms with van der Waals surface area (Å²) in [5.74, 6) is -0.461. The van der Waals surface area contributed by atoms with E-state index in [0.29, 0.717) is 12.8 Å². The van der Waals surface area contributed by atoms with E-state index in [0.717, 1.165) is 23.8 Å². The van der Waals surface area contributed by atoms with Crippen LogP contribution in [0.5, 0.6) is 0 Å². The van der Waals surface area contributed by atoms with Crippen molar-refractivity contribution in [1.82, 2.24) is 5.32 Å². The summed E-state index contributed by atoms with van der Waals surface area (Å²) >= 11 is 1.65. The Morgan fingerprint density at radius 1 is 1.07 bits per heavy atom. The van der Waals surface area contributed by atoms with Crippen LogP contribution in [0.1, 0.15) is 63.9 Å². The first-order valence-electron chi connectivity index (χ1n) is 9.98. The lowest BCUT2D eigenvalue weighted by atomic mass is 10.0. The number of methoxy groups -OCH3 is 1. The summed E-state index contributed by atoms with van der Waals surface area (Å²) in [6.45, 7) is 2.21. The number of esters is 1. The molecule has 1 amide bonds. The topological polar surface area (TPSA) is 55.4 Å². The van der Waals surface area contributed by atoms with Gasteiger partial charge >= 0.3 is 5.97 Å². The zero-order valence-electron chi connectivity index (χ0n) is 16.5. The minimum Gasteiger partial charge on any atom is -0.467 e. The molecule has 2 aromatic rings. The highest BCUT2D eigenvalue weighted by molar-refractivity contribution is 7.17. The second-order valence-electron chi connectivity index (χ2n) is 6.98. The molecule has 0 aliphatic heterocycles. The number of carbonyl (C=O) groups excluding carboxylic acids is 2. The van der Waals surface area contributed by atoms with Crippen molar-refractivity contribution in [2.24, 2.45) is 0 Å². The Kier molecular flexibility index (Phi) is 9.32. The number of unbranched alkanes of at least 4 members (excludes halogenated alkanes) is 6. The molecule has 4 nitrogen and oxygen atoms in total. The number of amides is 1. The quantitative estimate of drug-likeness (QED) is 0.399. The van der Waals surface area contributed by atoms with E-state index >= 15 is 0 Å². The first-order valence-corrected chi connectivity index (χ1v) is 10.9. The van der Waals surface area contributed by atoms with Crippen LogP contribution in [-0.4, -0.2) is 25.0 Å². The highest BCUT2D eigenvalue weighted by Gasteiger charge is 2.23. The number of hydrogen-bond donors (Lipinski definition) is 1. The van der Waals surface area contributed by atoms with Gasteiger partial charge in [0.1, 0.15) is 6.04 Å².